The van der Waals surface area contributed by atoms with Crippen molar-refractivity contribution in [2.75, 3.05) is 4.90 Å². The molecule has 1 aromatic heterocycles. The van der Waals surface area contributed by atoms with Gasteiger partial charge in [0.05, 0.1) is 6.04 Å². The zero-order chi connectivity index (χ0) is 26.4. The second-order valence-corrected chi connectivity index (χ2v) is 10.5. The predicted octanol–water partition coefficient (Wildman–Crippen LogP) is 4.49. The molecule has 4 heterocycles. The third kappa shape index (κ3) is 3.00. The minimum atomic E-state index is -1.27. The Bertz CT molecular complexity index is 1660. The lowest BCUT2D eigenvalue weighted by Crippen LogP contribution is -2.66. The van der Waals surface area contributed by atoms with Crippen molar-refractivity contribution in [3.05, 3.63) is 107 Å². The number of amidine groups is 1. The fourth-order valence-corrected chi connectivity index (χ4v) is 6.08. The molecule has 0 fully saturated rings. The van der Waals surface area contributed by atoms with Crippen LogP contribution < -0.4 is 16.3 Å². The molecule has 10 heteroatoms. The van der Waals surface area contributed by atoms with Gasteiger partial charge < -0.3 is 4.84 Å². The topological polar surface area (TPSA) is 73.8 Å². The zero-order valence-electron chi connectivity index (χ0n) is 21.0. The van der Waals surface area contributed by atoms with Crippen molar-refractivity contribution < 1.29 is 4.84 Å². The normalized spacial score (nSPS) is 23.4. The van der Waals surface area contributed by atoms with E-state index in [9.17, 15) is 9.59 Å². The van der Waals surface area contributed by atoms with Gasteiger partial charge in [0.1, 0.15) is 0 Å². The van der Waals surface area contributed by atoms with E-state index in [1.165, 1.54) is 16.4 Å². The summed E-state index contributed by atoms with van der Waals surface area (Å²) >= 11 is 13.5. The van der Waals surface area contributed by atoms with Crippen molar-refractivity contribution in [3.63, 3.8) is 0 Å². The zero-order valence-corrected chi connectivity index (χ0v) is 22.5. The Morgan fingerprint density at radius 1 is 0.892 bits per heavy atom. The van der Waals surface area contributed by atoms with Crippen molar-refractivity contribution in [2.45, 2.75) is 45.5 Å². The Kier molecular flexibility index (Phi) is 5.17. The average Bonchev–Trinajstić information content (AvgIpc) is 3.04. The number of nitrogens with zero attached hydrogens (tertiary/aromatic N) is 5. The van der Waals surface area contributed by atoms with Gasteiger partial charge in [-0.2, -0.15) is 4.68 Å². The van der Waals surface area contributed by atoms with Crippen molar-refractivity contribution in [3.8, 4) is 0 Å². The predicted molar refractivity (Wildman–Crippen MR) is 145 cm³/mol. The highest BCUT2D eigenvalue weighted by atomic mass is 35.5. The van der Waals surface area contributed by atoms with Gasteiger partial charge in [0, 0.05) is 28.3 Å². The minimum absolute atomic E-state index is 0.411. The van der Waals surface area contributed by atoms with Crippen LogP contribution in [0.1, 0.15) is 33.9 Å². The molecule has 0 N–H and O–H groups in total. The summed E-state index contributed by atoms with van der Waals surface area (Å²) in [5, 5.41) is 5.68. The third-order valence-corrected chi connectivity index (χ3v) is 8.77. The maximum absolute atomic E-state index is 13.7. The number of benzene rings is 2. The van der Waals surface area contributed by atoms with Gasteiger partial charge in [-0.1, -0.05) is 58.2 Å². The fourth-order valence-electron chi connectivity index (χ4n) is 5.65. The van der Waals surface area contributed by atoms with Crippen LogP contribution in [0.15, 0.2) is 63.3 Å². The largest absolute Gasteiger partial charge is 0.381 e. The third-order valence-electron chi connectivity index (χ3n) is 7.63. The number of halogens is 2. The molecule has 3 aromatic rings. The molecule has 0 unspecified atom stereocenters. The van der Waals surface area contributed by atoms with Gasteiger partial charge in [-0.25, -0.2) is 18.8 Å². The van der Waals surface area contributed by atoms with Crippen molar-refractivity contribution in [2.24, 2.45) is 12.2 Å². The summed E-state index contributed by atoms with van der Waals surface area (Å²) in [6.45, 7) is 7.71. The molecule has 7 rings (SSSR count). The summed E-state index contributed by atoms with van der Waals surface area (Å²) in [6, 6.07) is 7.48. The molecule has 2 aromatic carbocycles. The number of aryl methyl sites for hydroxylation is 1. The molecule has 0 amide bonds. The van der Waals surface area contributed by atoms with Gasteiger partial charge in [-0.15, -0.1) is 0 Å². The molecule has 0 radical (unpaired) electrons. The van der Waals surface area contributed by atoms with Crippen LogP contribution in [0.5, 0.6) is 0 Å². The number of aromatic nitrogens is 3. The average molecular weight is 538 g/mol. The number of oxime groups is 1. The lowest BCUT2D eigenvalue weighted by molar-refractivity contribution is -0.00104. The second kappa shape index (κ2) is 8.00. The van der Waals surface area contributed by atoms with E-state index in [1.54, 1.807) is 0 Å². The molecular weight excluding hydrogens is 513 g/mol. The monoisotopic (exact) mass is 537 g/mol. The lowest BCUT2D eigenvalue weighted by Gasteiger charge is -2.49. The first-order chi connectivity index (χ1) is 17.6. The number of allylic oxidation sites excluding steroid dienone is 2. The van der Waals surface area contributed by atoms with E-state index < -0.39 is 29.2 Å². The maximum atomic E-state index is 13.7. The van der Waals surface area contributed by atoms with E-state index in [2.05, 4.69) is 5.16 Å². The summed E-state index contributed by atoms with van der Waals surface area (Å²) in [5.41, 5.74) is 2.76. The highest BCUT2D eigenvalue weighted by Crippen LogP contribution is 2.45. The Labute approximate surface area is 223 Å². The van der Waals surface area contributed by atoms with Gasteiger partial charge >= 0.3 is 11.4 Å². The van der Waals surface area contributed by atoms with E-state index in [1.807, 2.05) is 81.2 Å². The van der Waals surface area contributed by atoms with Gasteiger partial charge in [0.25, 0.3) is 0 Å². The van der Waals surface area contributed by atoms with Gasteiger partial charge in [-0.3, -0.25) is 4.90 Å². The van der Waals surface area contributed by atoms with Crippen LogP contribution in [0.25, 0.3) is 0 Å². The van der Waals surface area contributed by atoms with E-state index in [0.29, 0.717) is 21.4 Å². The quantitative estimate of drug-likeness (QED) is 0.451. The molecule has 190 valence electrons. The molecule has 37 heavy (non-hydrogen) atoms. The highest BCUT2D eigenvalue weighted by Gasteiger charge is 2.56. The van der Waals surface area contributed by atoms with E-state index in [-0.39, 0.29) is 0 Å². The molecule has 8 nitrogen and oxygen atoms in total. The number of hydrogen-bond donors (Lipinski definition) is 0. The molecule has 1 aliphatic carbocycles. The van der Waals surface area contributed by atoms with Crippen LogP contribution in [0, 0.1) is 27.7 Å². The van der Waals surface area contributed by atoms with Crippen LogP contribution in [-0.2, 0) is 17.5 Å². The maximum Gasteiger partial charge on any atom is 0.349 e. The van der Waals surface area contributed by atoms with E-state index in [0.717, 1.165) is 32.5 Å². The standard InChI is InChI=1S/C27H25Cl2N5O3/c1-14-6-8-18(9-7-14)32-24(21-15(2)22(28)17(4)23(29)16(21)3)30-37-20-11-10-19-12-13-27(20,32)34-26(36)31(5)25(35)33(19)34/h6-13,19-20H,1-5H3/t19-,20+,27-/m0/s1. The van der Waals surface area contributed by atoms with Crippen LogP contribution >= 0.6 is 23.2 Å². The first-order valence-electron chi connectivity index (χ1n) is 11.9. The first-order valence-corrected chi connectivity index (χ1v) is 12.7. The fraction of sp³-hybridized carbons (Fsp3) is 0.296. The summed E-state index contributed by atoms with van der Waals surface area (Å²) in [5.74, 6) is 0.437. The van der Waals surface area contributed by atoms with E-state index >= 15 is 0 Å². The number of hydrogen-bond acceptors (Lipinski definition) is 5. The Morgan fingerprint density at radius 3 is 2.19 bits per heavy atom. The summed E-state index contributed by atoms with van der Waals surface area (Å²) in [7, 11) is 1.48. The SMILES string of the molecule is Cc1ccc(N2C(c3c(C)c(Cl)c(C)c(Cl)c3C)=NO[C@@H]3C=C[C@H]4C=C[C@]32n2c(=O)n(C)c(=O)n24)cc1. The van der Waals surface area contributed by atoms with Gasteiger partial charge in [0.15, 0.2) is 11.9 Å². The summed E-state index contributed by atoms with van der Waals surface area (Å²) in [6.07, 6.45) is 6.86. The molecule has 3 aliphatic heterocycles. The smallest absolute Gasteiger partial charge is 0.349 e. The molecule has 1 spiro atoms. The van der Waals surface area contributed by atoms with Crippen LogP contribution in [0.3, 0.4) is 0 Å². The molecular formula is C27H25Cl2N5O3. The molecule has 0 saturated carbocycles. The van der Waals surface area contributed by atoms with Crippen LogP contribution in [0.2, 0.25) is 10.0 Å². The van der Waals surface area contributed by atoms with Crippen molar-refractivity contribution in [1.29, 1.82) is 0 Å². The molecule has 2 bridgehead atoms. The van der Waals surface area contributed by atoms with Crippen LogP contribution in [0.4, 0.5) is 5.69 Å². The molecule has 0 saturated heterocycles. The first kappa shape index (κ1) is 23.9. The summed E-state index contributed by atoms with van der Waals surface area (Å²) in [4.78, 5) is 35.0. The lowest BCUT2D eigenvalue weighted by atomic mass is 9.92. The summed E-state index contributed by atoms with van der Waals surface area (Å²) < 4.78 is 4.08. The number of rotatable bonds is 2. The van der Waals surface area contributed by atoms with Crippen LogP contribution in [-0.4, -0.2) is 25.9 Å². The molecule has 3 atom stereocenters. The Morgan fingerprint density at radius 2 is 1.54 bits per heavy atom. The Balaban J connectivity index is 1.75. The minimum Gasteiger partial charge on any atom is -0.381 e. The van der Waals surface area contributed by atoms with E-state index in [4.69, 9.17) is 28.0 Å². The second-order valence-electron chi connectivity index (χ2n) is 9.79. The van der Waals surface area contributed by atoms with Crippen molar-refractivity contribution in [1.82, 2.24) is 13.9 Å². The van der Waals surface area contributed by atoms with Crippen molar-refractivity contribution >= 4 is 34.7 Å². The molecule has 4 aliphatic rings. The van der Waals surface area contributed by atoms with Gasteiger partial charge in [-0.05, 0) is 68.7 Å². The highest BCUT2D eigenvalue weighted by molar-refractivity contribution is 6.38. The van der Waals surface area contributed by atoms with Gasteiger partial charge in [0.2, 0.25) is 5.66 Å². The number of anilines is 1. The Hall–Kier alpha value is -3.49.